The lowest BCUT2D eigenvalue weighted by Crippen LogP contribution is -2.70. The number of ether oxygens (including phenoxy) is 2. The number of alkyl carbamates (subject to hydrolysis) is 1. The van der Waals surface area contributed by atoms with Gasteiger partial charge in [-0.15, -0.1) is 23.4 Å². The third-order valence-electron chi connectivity index (χ3n) is 5.50. The van der Waals surface area contributed by atoms with Crippen LogP contribution >= 0.6 is 23.4 Å². The summed E-state index contributed by atoms with van der Waals surface area (Å²) in [6.45, 7) is 5.24. The van der Waals surface area contributed by atoms with E-state index in [1.165, 1.54) is 16.7 Å². The van der Waals surface area contributed by atoms with Crippen LogP contribution in [0.5, 0.6) is 0 Å². The molecule has 2 atom stereocenters. The second-order valence-corrected chi connectivity index (χ2v) is 10.6. The summed E-state index contributed by atoms with van der Waals surface area (Å²) < 4.78 is 11.3. The number of esters is 1. The fraction of sp³-hybridized carbons (Fsp3) is 0.346. The van der Waals surface area contributed by atoms with Crippen LogP contribution in [0, 0.1) is 0 Å². The topological polar surface area (TPSA) is 84.9 Å². The maximum Gasteiger partial charge on any atom is 0.408 e. The number of hydrogen-bond donors (Lipinski definition) is 1. The molecule has 2 aromatic carbocycles. The Labute approximate surface area is 213 Å². The Morgan fingerprint density at radius 1 is 1.09 bits per heavy atom. The van der Waals surface area contributed by atoms with E-state index in [1.54, 1.807) is 20.8 Å². The van der Waals surface area contributed by atoms with Gasteiger partial charge in [0.05, 0.1) is 0 Å². The van der Waals surface area contributed by atoms with Gasteiger partial charge in [0.2, 0.25) is 0 Å². The summed E-state index contributed by atoms with van der Waals surface area (Å²) in [6, 6.07) is 18.0. The maximum atomic E-state index is 13.5. The van der Waals surface area contributed by atoms with E-state index < -0.39 is 41.1 Å². The summed E-state index contributed by atoms with van der Waals surface area (Å²) in [6.07, 6.45) is -1.34. The molecule has 0 saturated carbocycles. The van der Waals surface area contributed by atoms with Crippen molar-refractivity contribution in [1.82, 2.24) is 10.2 Å². The summed E-state index contributed by atoms with van der Waals surface area (Å²) >= 11 is 7.60. The van der Waals surface area contributed by atoms with E-state index >= 15 is 0 Å². The van der Waals surface area contributed by atoms with E-state index in [0.29, 0.717) is 11.3 Å². The van der Waals surface area contributed by atoms with Crippen LogP contribution in [0.25, 0.3) is 0 Å². The van der Waals surface area contributed by atoms with Crippen LogP contribution in [-0.4, -0.2) is 51.5 Å². The highest BCUT2D eigenvalue weighted by molar-refractivity contribution is 8.00. The largest absolute Gasteiger partial charge is 0.448 e. The van der Waals surface area contributed by atoms with Gasteiger partial charge in [-0.3, -0.25) is 9.69 Å². The van der Waals surface area contributed by atoms with Crippen molar-refractivity contribution in [2.45, 2.75) is 43.9 Å². The predicted octanol–water partition coefficient (Wildman–Crippen LogP) is 4.62. The van der Waals surface area contributed by atoms with Crippen LogP contribution in [0.2, 0.25) is 0 Å². The molecule has 9 heteroatoms. The Hall–Kier alpha value is -2.97. The van der Waals surface area contributed by atoms with Gasteiger partial charge in [-0.2, -0.15) is 0 Å². The van der Waals surface area contributed by atoms with Gasteiger partial charge in [-0.05, 0) is 37.5 Å². The first-order valence-corrected chi connectivity index (χ1v) is 12.8. The predicted molar refractivity (Wildman–Crippen MR) is 135 cm³/mol. The number of benzene rings is 2. The Bertz CT molecular complexity index is 1090. The molecule has 0 aliphatic carbocycles. The lowest BCUT2D eigenvalue weighted by Gasteiger charge is -2.49. The average Bonchev–Trinajstić information content (AvgIpc) is 2.84. The summed E-state index contributed by atoms with van der Waals surface area (Å²) in [7, 11) is 0. The molecule has 184 valence electrons. The van der Waals surface area contributed by atoms with Crippen LogP contribution in [-0.2, 0) is 19.1 Å². The monoisotopic (exact) mass is 514 g/mol. The summed E-state index contributed by atoms with van der Waals surface area (Å²) in [5, 5.41) is 2.18. The number of hydrogen-bond acceptors (Lipinski definition) is 6. The molecule has 1 N–H and O–H groups in total. The van der Waals surface area contributed by atoms with Gasteiger partial charge in [0, 0.05) is 11.6 Å². The molecule has 1 fully saturated rings. The van der Waals surface area contributed by atoms with Gasteiger partial charge in [-0.25, -0.2) is 9.59 Å². The maximum absolute atomic E-state index is 13.5. The Balaban J connectivity index is 1.57. The summed E-state index contributed by atoms with van der Waals surface area (Å²) in [5.41, 5.74) is 1.68. The number of carbonyl (C=O) groups excluding carboxylic acids is 3. The quantitative estimate of drug-likeness (QED) is 0.344. The van der Waals surface area contributed by atoms with Crippen molar-refractivity contribution in [2.24, 2.45) is 0 Å². The van der Waals surface area contributed by atoms with Crippen molar-refractivity contribution in [3.05, 3.63) is 83.1 Å². The van der Waals surface area contributed by atoms with E-state index in [4.69, 9.17) is 21.1 Å². The average molecular weight is 515 g/mol. The molecular formula is C26H27ClN2O5S. The number of nitrogens with zero attached hydrogens (tertiary/aromatic N) is 1. The number of β-lactam (4-membered cyclic amide) rings is 1. The number of amides is 2. The number of thioether (sulfide) groups is 1. The first-order chi connectivity index (χ1) is 16.7. The van der Waals surface area contributed by atoms with Crippen LogP contribution in [0.15, 0.2) is 71.9 Å². The lowest BCUT2D eigenvalue weighted by molar-refractivity contribution is -0.153. The van der Waals surface area contributed by atoms with Crippen LogP contribution in [0.1, 0.15) is 38.0 Å². The number of alkyl halides is 1. The highest BCUT2D eigenvalue weighted by Gasteiger charge is 2.55. The fourth-order valence-electron chi connectivity index (χ4n) is 3.96. The highest BCUT2D eigenvalue weighted by Crippen LogP contribution is 2.42. The van der Waals surface area contributed by atoms with Gasteiger partial charge in [0.1, 0.15) is 22.7 Å². The SMILES string of the molecule is CC(C)(C)OC(=O)NC1C(=O)N2C(C(=O)OC(c3ccccc3)c3ccccc3)=C(CCl)CS[C@@H]12. The molecular weight excluding hydrogens is 488 g/mol. The molecule has 7 nitrogen and oxygen atoms in total. The molecule has 2 heterocycles. The molecule has 2 aliphatic rings. The molecule has 0 radical (unpaired) electrons. The minimum atomic E-state index is -0.798. The van der Waals surface area contributed by atoms with Gasteiger partial charge in [0.15, 0.2) is 6.10 Å². The number of halogens is 1. The van der Waals surface area contributed by atoms with Crippen molar-refractivity contribution in [3.63, 3.8) is 0 Å². The van der Waals surface area contributed by atoms with Crippen molar-refractivity contribution < 1.29 is 23.9 Å². The molecule has 35 heavy (non-hydrogen) atoms. The van der Waals surface area contributed by atoms with Crippen molar-refractivity contribution in [3.8, 4) is 0 Å². The second kappa shape index (κ2) is 10.3. The van der Waals surface area contributed by atoms with E-state index in [-0.39, 0.29) is 11.6 Å². The van der Waals surface area contributed by atoms with Gasteiger partial charge >= 0.3 is 12.1 Å². The first-order valence-electron chi connectivity index (χ1n) is 11.2. The standard InChI is InChI=1S/C26H27ClN2O5S/c1-26(2,3)34-25(32)28-19-22(30)29-20(18(14-27)15-35-23(19)29)24(31)33-21(16-10-6-4-7-11-16)17-12-8-5-9-13-17/h4-13,19,21,23H,14-15H2,1-3H3,(H,28,32)/t19?,23-/m0/s1. The molecule has 1 saturated heterocycles. The zero-order valence-electron chi connectivity index (χ0n) is 19.7. The van der Waals surface area contributed by atoms with Crippen molar-refractivity contribution in [2.75, 3.05) is 11.6 Å². The number of fused-ring (bicyclic) bond motifs is 1. The van der Waals surface area contributed by atoms with E-state index in [2.05, 4.69) is 5.32 Å². The normalized spacial score (nSPS) is 19.7. The Morgan fingerprint density at radius 3 is 2.17 bits per heavy atom. The molecule has 0 bridgehead atoms. The first kappa shape index (κ1) is 25.1. The Morgan fingerprint density at radius 2 is 1.66 bits per heavy atom. The highest BCUT2D eigenvalue weighted by atomic mass is 35.5. The molecule has 2 amide bonds. The van der Waals surface area contributed by atoms with Crippen molar-refractivity contribution in [1.29, 1.82) is 0 Å². The molecule has 0 aromatic heterocycles. The molecule has 2 aliphatic heterocycles. The van der Waals surface area contributed by atoms with Crippen LogP contribution < -0.4 is 5.32 Å². The minimum Gasteiger partial charge on any atom is -0.448 e. The zero-order chi connectivity index (χ0) is 25.2. The van der Waals surface area contributed by atoms with Gasteiger partial charge < -0.3 is 14.8 Å². The molecule has 2 aromatic rings. The number of rotatable bonds is 6. The van der Waals surface area contributed by atoms with Crippen LogP contribution in [0.3, 0.4) is 0 Å². The zero-order valence-corrected chi connectivity index (χ0v) is 21.3. The lowest BCUT2D eigenvalue weighted by atomic mass is 10.0. The number of carbonyl (C=O) groups is 3. The van der Waals surface area contributed by atoms with Gasteiger partial charge in [0.25, 0.3) is 5.91 Å². The Kier molecular flexibility index (Phi) is 7.42. The van der Waals surface area contributed by atoms with Crippen molar-refractivity contribution >= 4 is 41.3 Å². The summed E-state index contributed by atoms with van der Waals surface area (Å²) in [4.78, 5) is 40.2. The third-order valence-corrected chi connectivity index (χ3v) is 7.17. The minimum absolute atomic E-state index is 0.0828. The number of nitrogens with one attached hydrogen (secondary N) is 1. The van der Waals surface area contributed by atoms with Crippen LogP contribution in [0.4, 0.5) is 4.79 Å². The fourth-order valence-corrected chi connectivity index (χ4v) is 5.64. The smallest absolute Gasteiger partial charge is 0.408 e. The molecule has 0 spiro atoms. The van der Waals surface area contributed by atoms with Gasteiger partial charge in [-0.1, -0.05) is 60.7 Å². The van der Waals surface area contributed by atoms with E-state index in [9.17, 15) is 14.4 Å². The molecule has 1 unspecified atom stereocenters. The summed E-state index contributed by atoms with van der Waals surface area (Å²) in [5.74, 6) is -0.512. The third kappa shape index (κ3) is 5.49. The van der Waals surface area contributed by atoms with E-state index in [0.717, 1.165) is 11.1 Å². The molecule has 4 rings (SSSR count). The van der Waals surface area contributed by atoms with E-state index in [1.807, 2.05) is 60.7 Å². The second-order valence-electron chi connectivity index (χ2n) is 9.23.